The fraction of sp³-hybridized carbons (Fsp3) is 0.133. The van der Waals surface area contributed by atoms with Gasteiger partial charge in [-0.3, -0.25) is 4.79 Å². The van der Waals surface area contributed by atoms with Gasteiger partial charge in [0.15, 0.2) is 0 Å². The van der Waals surface area contributed by atoms with Crippen molar-refractivity contribution in [3.05, 3.63) is 46.8 Å². The summed E-state index contributed by atoms with van der Waals surface area (Å²) in [5, 5.41) is 6.66. The highest BCUT2D eigenvalue weighted by Crippen LogP contribution is 2.29. The second kappa shape index (κ2) is 5.98. The first-order valence-corrected chi connectivity index (χ1v) is 7.56. The Morgan fingerprint density at radius 3 is 2.77 bits per heavy atom. The average molecular weight is 313 g/mol. The Hall–Kier alpha value is -2.67. The number of nitrogens with two attached hydrogens (primary N) is 1. The number of aromatic nitrogens is 2. The fourth-order valence-electron chi connectivity index (χ4n) is 2.09. The van der Waals surface area contributed by atoms with Crippen LogP contribution in [-0.2, 0) is 6.54 Å². The molecule has 0 spiro atoms. The summed E-state index contributed by atoms with van der Waals surface area (Å²) in [5.74, 6) is 0.682. The van der Waals surface area contributed by atoms with Gasteiger partial charge in [-0.05, 0) is 11.6 Å². The summed E-state index contributed by atoms with van der Waals surface area (Å²) in [6.45, 7) is 0.623. The predicted octanol–water partition coefficient (Wildman–Crippen LogP) is 2.25. The fourth-order valence-corrected chi connectivity index (χ4v) is 3.07. The monoisotopic (exact) mass is 313 g/mol. The smallest absolute Gasteiger partial charge is 0.261 e. The normalized spacial score (nSPS) is 10.6. The van der Waals surface area contributed by atoms with Gasteiger partial charge in [0.05, 0.1) is 10.3 Å². The Balaban J connectivity index is 1.94. The summed E-state index contributed by atoms with van der Waals surface area (Å²) in [7, 11) is 1.60. The lowest BCUT2D eigenvalue weighted by Crippen LogP contribution is -2.15. The van der Waals surface area contributed by atoms with Crippen molar-refractivity contribution in [1.29, 1.82) is 0 Å². The maximum absolute atomic E-state index is 11.8. The Morgan fingerprint density at radius 1 is 1.27 bits per heavy atom. The molecule has 3 aromatic rings. The van der Waals surface area contributed by atoms with Crippen LogP contribution in [0.1, 0.15) is 15.2 Å². The molecule has 2 heterocycles. The predicted molar refractivity (Wildman–Crippen MR) is 89.0 cm³/mol. The van der Waals surface area contributed by atoms with Gasteiger partial charge in [-0.2, -0.15) is 4.98 Å². The number of rotatable bonds is 4. The van der Waals surface area contributed by atoms with E-state index in [0.717, 1.165) is 10.9 Å². The van der Waals surface area contributed by atoms with Crippen molar-refractivity contribution >= 4 is 39.2 Å². The van der Waals surface area contributed by atoms with Gasteiger partial charge in [0.1, 0.15) is 10.6 Å². The topological polar surface area (TPSA) is 92.9 Å². The molecule has 0 saturated carbocycles. The highest BCUT2D eigenvalue weighted by atomic mass is 32.1. The number of thiophene rings is 1. The molecule has 112 valence electrons. The Bertz CT molecular complexity index is 815. The van der Waals surface area contributed by atoms with Gasteiger partial charge < -0.3 is 16.4 Å². The maximum atomic E-state index is 11.8. The number of hydrogen-bond donors (Lipinski definition) is 3. The lowest BCUT2D eigenvalue weighted by molar-refractivity contribution is 0.0967. The SMILES string of the molecule is CNC(=O)c1cc2c(NCc3ccccc3)nc(N)nc2s1. The third-order valence-electron chi connectivity index (χ3n) is 3.16. The van der Waals surface area contributed by atoms with Crippen molar-refractivity contribution in [3.63, 3.8) is 0 Å². The third kappa shape index (κ3) is 2.84. The minimum Gasteiger partial charge on any atom is -0.368 e. The van der Waals surface area contributed by atoms with Gasteiger partial charge in [-0.25, -0.2) is 4.98 Å². The van der Waals surface area contributed by atoms with Crippen LogP contribution < -0.4 is 16.4 Å². The highest BCUT2D eigenvalue weighted by Gasteiger charge is 2.14. The lowest BCUT2D eigenvalue weighted by atomic mass is 10.2. The van der Waals surface area contributed by atoms with E-state index in [1.807, 2.05) is 30.3 Å². The number of hydrogen-bond acceptors (Lipinski definition) is 6. The van der Waals surface area contributed by atoms with Crippen LogP contribution in [0.4, 0.5) is 11.8 Å². The van der Waals surface area contributed by atoms with Gasteiger partial charge >= 0.3 is 0 Å². The summed E-state index contributed by atoms with van der Waals surface area (Å²) in [6.07, 6.45) is 0. The van der Waals surface area contributed by atoms with Gasteiger partial charge in [0.2, 0.25) is 5.95 Å². The molecule has 0 bridgehead atoms. The summed E-state index contributed by atoms with van der Waals surface area (Å²) >= 11 is 1.30. The molecule has 0 aliphatic carbocycles. The molecule has 1 aromatic carbocycles. The highest BCUT2D eigenvalue weighted by molar-refractivity contribution is 7.20. The zero-order valence-corrected chi connectivity index (χ0v) is 12.8. The van der Waals surface area contributed by atoms with Crippen LogP contribution in [0, 0.1) is 0 Å². The molecule has 6 nitrogen and oxygen atoms in total. The van der Waals surface area contributed by atoms with Gasteiger partial charge in [-0.1, -0.05) is 30.3 Å². The molecule has 0 aliphatic rings. The molecule has 0 aliphatic heterocycles. The summed E-state index contributed by atoms with van der Waals surface area (Å²) in [5.41, 5.74) is 6.89. The van der Waals surface area contributed by atoms with Crippen LogP contribution >= 0.6 is 11.3 Å². The van der Waals surface area contributed by atoms with E-state index >= 15 is 0 Å². The number of benzene rings is 1. The van der Waals surface area contributed by atoms with Gasteiger partial charge in [-0.15, -0.1) is 11.3 Å². The number of nitrogen functional groups attached to an aromatic ring is 1. The molecule has 3 rings (SSSR count). The van der Waals surface area contributed by atoms with E-state index in [-0.39, 0.29) is 11.9 Å². The first kappa shape index (κ1) is 14.3. The Morgan fingerprint density at radius 2 is 2.05 bits per heavy atom. The van der Waals surface area contributed by atoms with E-state index in [0.29, 0.717) is 22.1 Å². The van der Waals surface area contributed by atoms with Crippen molar-refractivity contribution in [3.8, 4) is 0 Å². The second-order valence-corrected chi connectivity index (χ2v) is 5.71. The van der Waals surface area contributed by atoms with Crippen LogP contribution in [0.3, 0.4) is 0 Å². The van der Waals surface area contributed by atoms with E-state index in [2.05, 4.69) is 20.6 Å². The van der Waals surface area contributed by atoms with Gasteiger partial charge in [0.25, 0.3) is 5.91 Å². The van der Waals surface area contributed by atoms with Crippen LogP contribution in [0.25, 0.3) is 10.2 Å². The van der Waals surface area contributed by atoms with E-state index in [1.54, 1.807) is 13.1 Å². The van der Waals surface area contributed by atoms with Crippen LogP contribution in [0.5, 0.6) is 0 Å². The minimum absolute atomic E-state index is 0.143. The first-order valence-electron chi connectivity index (χ1n) is 6.74. The zero-order chi connectivity index (χ0) is 15.5. The second-order valence-electron chi connectivity index (χ2n) is 4.68. The number of carbonyl (C=O) groups is 1. The van der Waals surface area contributed by atoms with Crippen LogP contribution in [0.15, 0.2) is 36.4 Å². The molecule has 7 heteroatoms. The summed E-state index contributed by atoms with van der Waals surface area (Å²) < 4.78 is 0. The average Bonchev–Trinajstić information content (AvgIpc) is 2.96. The Labute approximate surface area is 131 Å². The molecule has 0 atom stereocenters. The van der Waals surface area contributed by atoms with Crippen molar-refractivity contribution in [1.82, 2.24) is 15.3 Å². The van der Waals surface area contributed by atoms with Crippen molar-refractivity contribution < 1.29 is 4.79 Å². The van der Waals surface area contributed by atoms with Crippen molar-refractivity contribution in [2.45, 2.75) is 6.54 Å². The number of carbonyl (C=O) groups excluding carboxylic acids is 1. The van der Waals surface area contributed by atoms with Gasteiger partial charge in [0, 0.05) is 13.6 Å². The largest absolute Gasteiger partial charge is 0.368 e. The van der Waals surface area contributed by atoms with Crippen LogP contribution in [0.2, 0.25) is 0 Å². The van der Waals surface area contributed by atoms with Crippen molar-refractivity contribution in [2.75, 3.05) is 18.1 Å². The Kier molecular flexibility index (Phi) is 3.88. The molecule has 2 aromatic heterocycles. The molecule has 0 saturated heterocycles. The molecule has 0 radical (unpaired) electrons. The molecular weight excluding hydrogens is 298 g/mol. The molecule has 4 N–H and O–H groups in total. The maximum Gasteiger partial charge on any atom is 0.261 e. The number of fused-ring (bicyclic) bond motifs is 1. The summed E-state index contributed by atoms with van der Waals surface area (Å²) in [6, 6.07) is 11.8. The quantitative estimate of drug-likeness (QED) is 0.687. The van der Waals surface area contributed by atoms with E-state index in [9.17, 15) is 4.79 Å². The minimum atomic E-state index is -0.143. The molecule has 1 amide bonds. The van der Waals surface area contributed by atoms with E-state index in [1.165, 1.54) is 11.3 Å². The number of nitrogens with zero attached hydrogens (tertiary/aromatic N) is 2. The van der Waals surface area contributed by atoms with Crippen LogP contribution in [-0.4, -0.2) is 22.9 Å². The zero-order valence-electron chi connectivity index (χ0n) is 12.0. The van der Waals surface area contributed by atoms with E-state index < -0.39 is 0 Å². The summed E-state index contributed by atoms with van der Waals surface area (Å²) in [4.78, 5) is 21.5. The standard InChI is InChI=1S/C15H15N5OS/c1-17-13(21)11-7-10-12(19-15(16)20-14(10)22-11)18-8-9-5-3-2-4-6-9/h2-7H,8H2,1H3,(H,17,21)(H3,16,18,19,20). The number of amides is 1. The lowest BCUT2D eigenvalue weighted by Gasteiger charge is -2.07. The third-order valence-corrected chi connectivity index (χ3v) is 4.19. The molecule has 0 fully saturated rings. The number of anilines is 2. The molecular formula is C15H15N5OS. The van der Waals surface area contributed by atoms with Crippen molar-refractivity contribution in [2.24, 2.45) is 0 Å². The van der Waals surface area contributed by atoms with E-state index in [4.69, 9.17) is 5.73 Å². The number of nitrogens with one attached hydrogen (secondary N) is 2. The first-order chi connectivity index (χ1) is 10.7. The molecule has 0 unspecified atom stereocenters. The molecule has 22 heavy (non-hydrogen) atoms.